The Bertz CT molecular complexity index is 1760. The third-order valence-electron chi connectivity index (χ3n) is 7.70. The van der Waals surface area contributed by atoms with Gasteiger partial charge in [-0.25, -0.2) is 8.42 Å². The number of amides is 2. The maximum absolute atomic E-state index is 14.6. The van der Waals surface area contributed by atoms with E-state index in [0.717, 1.165) is 26.6 Å². The Hall–Kier alpha value is -4.63. The summed E-state index contributed by atoms with van der Waals surface area (Å²) in [4.78, 5) is 30.0. The third kappa shape index (κ3) is 8.54. The molecule has 0 radical (unpaired) electrons. The molecule has 4 rings (SSSR count). The summed E-state index contributed by atoms with van der Waals surface area (Å²) in [5.74, 6) is -0.233. The monoisotopic (exact) mass is 641 g/mol. The highest BCUT2D eigenvalue weighted by molar-refractivity contribution is 7.92. The van der Waals surface area contributed by atoms with Crippen LogP contribution in [0.5, 0.6) is 5.75 Å². The molecular weight excluding hydrogens is 598 g/mol. The number of sulfonamides is 1. The predicted octanol–water partition coefficient (Wildman–Crippen LogP) is 5.98. The van der Waals surface area contributed by atoms with Crippen LogP contribution in [0.2, 0.25) is 0 Å². The van der Waals surface area contributed by atoms with Crippen LogP contribution < -0.4 is 14.4 Å². The van der Waals surface area contributed by atoms with Crippen molar-refractivity contribution in [3.63, 3.8) is 0 Å². The van der Waals surface area contributed by atoms with Gasteiger partial charge in [0.05, 0.1) is 17.7 Å². The molecule has 0 fully saturated rings. The SMILES string of the molecule is COc1cccc(CN(C(=O)CN(c2ccc(C)cc2C)S(=O)(=O)c2ccc(C)cc2)[C@H](Cc2ccccc2)C(=O)NC(C)C)c1. The lowest BCUT2D eigenvalue weighted by Gasteiger charge is -2.34. The van der Waals surface area contributed by atoms with Crippen molar-refractivity contribution in [1.29, 1.82) is 0 Å². The zero-order valence-corrected chi connectivity index (χ0v) is 28.2. The minimum atomic E-state index is -4.18. The first-order valence-corrected chi connectivity index (χ1v) is 16.8. The maximum Gasteiger partial charge on any atom is 0.264 e. The van der Waals surface area contributed by atoms with Crippen LogP contribution in [0.4, 0.5) is 5.69 Å². The van der Waals surface area contributed by atoms with E-state index in [2.05, 4.69) is 5.32 Å². The van der Waals surface area contributed by atoms with E-state index < -0.39 is 28.5 Å². The first-order chi connectivity index (χ1) is 21.9. The van der Waals surface area contributed by atoms with Crippen molar-refractivity contribution in [3.05, 3.63) is 125 Å². The highest BCUT2D eigenvalue weighted by Crippen LogP contribution is 2.29. The fourth-order valence-corrected chi connectivity index (χ4v) is 6.82. The molecule has 0 aromatic heterocycles. The Labute approximate surface area is 273 Å². The molecular formula is C37H43N3O5S. The number of methoxy groups -OCH3 is 1. The molecule has 242 valence electrons. The van der Waals surface area contributed by atoms with Crippen LogP contribution in [0.3, 0.4) is 0 Å². The fourth-order valence-electron chi connectivity index (χ4n) is 5.34. The molecule has 0 aliphatic carbocycles. The van der Waals surface area contributed by atoms with Crippen molar-refractivity contribution in [2.24, 2.45) is 0 Å². The highest BCUT2D eigenvalue weighted by atomic mass is 32.2. The summed E-state index contributed by atoms with van der Waals surface area (Å²) in [6.45, 7) is 8.91. The Balaban J connectivity index is 1.84. The molecule has 1 N–H and O–H groups in total. The zero-order chi connectivity index (χ0) is 33.4. The number of rotatable bonds is 13. The van der Waals surface area contributed by atoms with E-state index in [1.165, 1.54) is 4.90 Å². The summed E-state index contributed by atoms with van der Waals surface area (Å²) in [6.07, 6.45) is 0.239. The van der Waals surface area contributed by atoms with Crippen molar-refractivity contribution < 1.29 is 22.7 Å². The molecule has 0 saturated carbocycles. The first-order valence-electron chi connectivity index (χ1n) is 15.3. The number of nitrogens with zero attached hydrogens (tertiary/aromatic N) is 2. The smallest absolute Gasteiger partial charge is 0.264 e. The molecule has 0 saturated heterocycles. The number of carbonyl (C=O) groups excluding carboxylic acids is 2. The summed E-state index contributed by atoms with van der Waals surface area (Å²) in [6, 6.07) is 27.7. The summed E-state index contributed by atoms with van der Waals surface area (Å²) in [5.41, 5.74) is 4.59. The summed E-state index contributed by atoms with van der Waals surface area (Å²) < 4.78 is 35.2. The van der Waals surface area contributed by atoms with Crippen LogP contribution in [0.15, 0.2) is 102 Å². The molecule has 1 atom stereocenters. The van der Waals surface area contributed by atoms with Crippen LogP contribution in [-0.2, 0) is 32.6 Å². The van der Waals surface area contributed by atoms with Gasteiger partial charge < -0.3 is 15.0 Å². The van der Waals surface area contributed by atoms with Crippen LogP contribution in [0, 0.1) is 20.8 Å². The van der Waals surface area contributed by atoms with Gasteiger partial charge in [0.15, 0.2) is 0 Å². The van der Waals surface area contributed by atoms with Gasteiger partial charge in [0.25, 0.3) is 10.0 Å². The number of anilines is 1. The normalized spacial score (nSPS) is 12.0. The molecule has 0 aliphatic rings. The third-order valence-corrected chi connectivity index (χ3v) is 9.47. The number of benzene rings is 4. The summed E-state index contributed by atoms with van der Waals surface area (Å²) >= 11 is 0. The van der Waals surface area contributed by atoms with Gasteiger partial charge in [0, 0.05) is 19.0 Å². The molecule has 8 nitrogen and oxygen atoms in total. The Kier molecular flexibility index (Phi) is 11.2. The molecule has 2 amide bonds. The minimum absolute atomic E-state index is 0.0599. The zero-order valence-electron chi connectivity index (χ0n) is 27.4. The second-order valence-electron chi connectivity index (χ2n) is 11.9. The van der Waals surface area contributed by atoms with E-state index in [1.807, 2.05) is 95.3 Å². The quantitative estimate of drug-likeness (QED) is 0.194. The average Bonchev–Trinajstić information content (AvgIpc) is 3.02. The van der Waals surface area contributed by atoms with Crippen molar-refractivity contribution in [2.45, 2.75) is 64.6 Å². The van der Waals surface area contributed by atoms with Crippen molar-refractivity contribution >= 4 is 27.5 Å². The van der Waals surface area contributed by atoms with E-state index in [4.69, 9.17) is 4.74 Å². The topological polar surface area (TPSA) is 96.0 Å². The van der Waals surface area contributed by atoms with E-state index in [9.17, 15) is 18.0 Å². The van der Waals surface area contributed by atoms with E-state index in [0.29, 0.717) is 17.0 Å². The largest absolute Gasteiger partial charge is 0.497 e. The Morgan fingerprint density at radius 2 is 1.46 bits per heavy atom. The predicted molar refractivity (Wildman–Crippen MR) is 182 cm³/mol. The standard InChI is InChI=1S/C37H43N3O5S/c1-26(2)38-37(42)35(23-30-11-8-7-9-12-30)39(24-31-13-10-14-32(22-31)45-6)36(41)25-40(34-20-17-28(4)21-29(34)5)46(43,44)33-18-15-27(3)16-19-33/h7-22,26,35H,23-25H2,1-6H3,(H,38,42)/t35-/m1/s1. The van der Waals surface area contributed by atoms with Gasteiger partial charge in [-0.2, -0.15) is 0 Å². The van der Waals surface area contributed by atoms with E-state index >= 15 is 0 Å². The van der Waals surface area contributed by atoms with Gasteiger partial charge in [-0.3, -0.25) is 13.9 Å². The molecule has 0 aliphatic heterocycles. The maximum atomic E-state index is 14.6. The van der Waals surface area contributed by atoms with Gasteiger partial charge in [-0.1, -0.05) is 77.9 Å². The second-order valence-corrected chi connectivity index (χ2v) is 13.7. The number of hydrogen-bond acceptors (Lipinski definition) is 5. The molecule has 4 aromatic carbocycles. The Morgan fingerprint density at radius 3 is 2.09 bits per heavy atom. The molecule has 46 heavy (non-hydrogen) atoms. The highest BCUT2D eigenvalue weighted by Gasteiger charge is 2.35. The molecule has 9 heteroatoms. The number of ether oxygens (including phenoxy) is 1. The molecule has 0 spiro atoms. The van der Waals surface area contributed by atoms with Crippen molar-refractivity contribution in [2.75, 3.05) is 18.0 Å². The van der Waals surface area contributed by atoms with Gasteiger partial charge in [0.1, 0.15) is 18.3 Å². The van der Waals surface area contributed by atoms with Crippen molar-refractivity contribution in [3.8, 4) is 5.75 Å². The molecule has 0 unspecified atom stereocenters. The van der Waals surface area contributed by atoms with Crippen LogP contribution in [0.25, 0.3) is 0 Å². The number of nitrogens with one attached hydrogen (secondary N) is 1. The summed E-state index contributed by atoms with van der Waals surface area (Å²) in [7, 11) is -2.61. The van der Waals surface area contributed by atoms with Crippen LogP contribution >= 0.6 is 0 Å². The molecule has 0 bridgehead atoms. The van der Waals surface area contributed by atoms with Crippen LogP contribution in [0.1, 0.15) is 41.7 Å². The average molecular weight is 642 g/mol. The van der Waals surface area contributed by atoms with Gasteiger partial charge >= 0.3 is 0 Å². The lowest BCUT2D eigenvalue weighted by molar-refractivity contribution is -0.140. The lowest BCUT2D eigenvalue weighted by Crippen LogP contribution is -2.54. The fraction of sp³-hybridized carbons (Fsp3) is 0.297. The Morgan fingerprint density at radius 1 is 0.804 bits per heavy atom. The van der Waals surface area contributed by atoms with Crippen LogP contribution in [-0.4, -0.2) is 50.9 Å². The van der Waals surface area contributed by atoms with Gasteiger partial charge in [-0.15, -0.1) is 0 Å². The second kappa shape index (κ2) is 15.1. The van der Waals surface area contributed by atoms with Crippen molar-refractivity contribution in [1.82, 2.24) is 10.2 Å². The molecule has 4 aromatic rings. The van der Waals surface area contributed by atoms with Gasteiger partial charge in [-0.05, 0) is 81.6 Å². The number of aryl methyl sites for hydroxylation is 3. The summed E-state index contributed by atoms with van der Waals surface area (Å²) in [5, 5.41) is 2.98. The van der Waals surface area contributed by atoms with E-state index in [1.54, 1.807) is 43.5 Å². The lowest BCUT2D eigenvalue weighted by atomic mass is 10.0. The van der Waals surface area contributed by atoms with Gasteiger partial charge in [0.2, 0.25) is 11.8 Å². The number of hydrogen-bond donors (Lipinski definition) is 1. The van der Waals surface area contributed by atoms with E-state index in [-0.39, 0.29) is 29.8 Å². The molecule has 0 heterocycles. The number of carbonyl (C=O) groups is 2. The first kappa shape index (κ1) is 34.2. The minimum Gasteiger partial charge on any atom is -0.497 e.